The molecule has 0 saturated heterocycles. The Morgan fingerprint density at radius 1 is 1.11 bits per heavy atom. The third-order valence-corrected chi connectivity index (χ3v) is 1.22. The van der Waals surface area contributed by atoms with E-state index in [0.717, 1.165) is 13.1 Å². The Morgan fingerprint density at radius 2 is 1.56 bits per heavy atom. The first-order chi connectivity index (χ1) is 4.41. The van der Waals surface area contributed by atoms with Crippen LogP contribution in [0.3, 0.4) is 0 Å². The summed E-state index contributed by atoms with van der Waals surface area (Å²) in [7, 11) is 0. The van der Waals surface area contributed by atoms with E-state index in [9.17, 15) is 0 Å². The zero-order chi connectivity index (χ0) is 6.95. The molecule has 0 aromatic rings. The molecule has 2 nitrogen and oxygen atoms in total. The van der Waals surface area contributed by atoms with E-state index >= 15 is 0 Å². The van der Waals surface area contributed by atoms with Gasteiger partial charge in [-0.25, -0.2) is 9.44 Å². The predicted octanol–water partition coefficient (Wildman–Crippen LogP) is 1.10. The second-order valence-corrected chi connectivity index (χ2v) is 2.16. The van der Waals surface area contributed by atoms with Gasteiger partial charge in [-0.1, -0.05) is 12.2 Å². The van der Waals surface area contributed by atoms with Gasteiger partial charge < -0.3 is 0 Å². The van der Waals surface area contributed by atoms with Crippen LogP contribution in [-0.2, 0) is 0 Å². The van der Waals surface area contributed by atoms with E-state index in [4.69, 9.17) is 0 Å². The molecule has 2 N–H and O–H groups in total. The van der Waals surface area contributed by atoms with E-state index in [1.807, 2.05) is 12.2 Å². The van der Waals surface area contributed by atoms with Crippen LogP contribution in [0.5, 0.6) is 0 Å². The van der Waals surface area contributed by atoms with Crippen LogP contribution in [0, 0.1) is 0 Å². The van der Waals surface area contributed by atoms with E-state index in [2.05, 4.69) is 22.6 Å². The number of nitrogens with one attached hydrogen (secondary N) is 2. The standard InChI is InChI=1S/C6H12N2S/c1-3-5-7-9-8-6-4-2/h3-4,7-8H,1-2,5-6H2. The Labute approximate surface area is 60.7 Å². The molecule has 0 radical (unpaired) electrons. The first kappa shape index (κ1) is 8.75. The van der Waals surface area contributed by atoms with Crippen LogP contribution in [0.2, 0.25) is 0 Å². The van der Waals surface area contributed by atoms with Crippen LogP contribution in [-0.4, -0.2) is 13.1 Å². The Balaban J connectivity index is 2.74. The second kappa shape index (κ2) is 7.75. The van der Waals surface area contributed by atoms with Crippen molar-refractivity contribution in [2.75, 3.05) is 13.1 Å². The van der Waals surface area contributed by atoms with Crippen LogP contribution in [0.15, 0.2) is 25.3 Å². The summed E-state index contributed by atoms with van der Waals surface area (Å²) < 4.78 is 6.02. The van der Waals surface area contributed by atoms with Gasteiger partial charge in [-0.3, -0.25) is 0 Å². The number of hydrogen-bond acceptors (Lipinski definition) is 3. The molecule has 52 valence electrons. The van der Waals surface area contributed by atoms with E-state index in [-0.39, 0.29) is 0 Å². The van der Waals surface area contributed by atoms with Gasteiger partial charge in [0.25, 0.3) is 0 Å². The molecule has 0 rings (SSSR count). The maximum atomic E-state index is 3.55. The van der Waals surface area contributed by atoms with Crippen molar-refractivity contribution in [2.45, 2.75) is 0 Å². The summed E-state index contributed by atoms with van der Waals surface area (Å²) in [6, 6.07) is 0. The molecule has 0 spiro atoms. The van der Waals surface area contributed by atoms with Gasteiger partial charge in [0.05, 0.1) is 0 Å². The average Bonchev–Trinajstić information content (AvgIpc) is 1.89. The first-order valence-electron chi connectivity index (χ1n) is 2.75. The minimum Gasteiger partial charge on any atom is -0.247 e. The van der Waals surface area contributed by atoms with Gasteiger partial charge in [-0.2, -0.15) is 0 Å². The van der Waals surface area contributed by atoms with Crippen LogP contribution in [0.25, 0.3) is 0 Å². The Morgan fingerprint density at radius 3 is 1.89 bits per heavy atom. The van der Waals surface area contributed by atoms with Crippen LogP contribution in [0.4, 0.5) is 0 Å². The summed E-state index contributed by atoms with van der Waals surface area (Å²) in [5.41, 5.74) is 0. The smallest absolute Gasteiger partial charge is 0.0249 e. The van der Waals surface area contributed by atoms with Crippen molar-refractivity contribution in [2.24, 2.45) is 0 Å². The highest BCUT2D eigenvalue weighted by molar-refractivity contribution is 7.95. The van der Waals surface area contributed by atoms with Crippen LogP contribution >= 0.6 is 12.1 Å². The molecule has 0 atom stereocenters. The van der Waals surface area contributed by atoms with Crippen molar-refractivity contribution in [1.29, 1.82) is 0 Å². The van der Waals surface area contributed by atoms with Crippen molar-refractivity contribution < 1.29 is 0 Å². The van der Waals surface area contributed by atoms with Crippen molar-refractivity contribution in [3.05, 3.63) is 25.3 Å². The van der Waals surface area contributed by atoms with Crippen molar-refractivity contribution in [3.8, 4) is 0 Å². The topological polar surface area (TPSA) is 24.1 Å². The molecule has 9 heavy (non-hydrogen) atoms. The fraction of sp³-hybridized carbons (Fsp3) is 0.333. The highest BCUT2D eigenvalue weighted by atomic mass is 32.2. The van der Waals surface area contributed by atoms with E-state index < -0.39 is 0 Å². The van der Waals surface area contributed by atoms with Gasteiger partial charge >= 0.3 is 0 Å². The summed E-state index contributed by atoms with van der Waals surface area (Å²) in [5.74, 6) is 0. The maximum absolute atomic E-state index is 3.55. The fourth-order valence-electron chi connectivity index (χ4n) is 0.252. The van der Waals surface area contributed by atoms with Crippen LogP contribution in [0.1, 0.15) is 0 Å². The minimum absolute atomic E-state index is 0.814. The molecule has 0 saturated carbocycles. The molecule has 0 amide bonds. The molecule has 0 aliphatic carbocycles. The molecule has 0 aromatic carbocycles. The van der Waals surface area contributed by atoms with Crippen LogP contribution < -0.4 is 9.44 Å². The first-order valence-corrected chi connectivity index (χ1v) is 3.56. The van der Waals surface area contributed by atoms with E-state index in [1.54, 1.807) is 0 Å². The highest BCUT2D eigenvalue weighted by Crippen LogP contribution is 1.81. The Hall–Kier alpha value is -0.250. The number of rotatable bonds is 6. The van der Waals surface area contributed by atoms with Gasteiger partial charge in [0, 0.05) is 25.2 Å². The van der Waals surface area contributed by atoms with Crippen molar-refractivity contribution >= 4 is 12.1 Å². The van der Waals surface area contributed by atoms with Gasteiger partial charge in [-0.15, -0.1) is 13.2 Å². The van der Waals surface area contributed by atoms with Gasteiger partial charge in [0.1, 0.15) is 0 Å². The average molecular weight is 144 g/mol. The molecule has 0 aliphatic heterocycles. The number of hydrogen-bond donors (Lipinski definition) is 2. The zero-order valence-electron chi connectivity index (χ0n) is 5.39. The summed E-state index contributed by atoms with van der Waals surface area (Å²) in [6.45, 7) is 8.74. The normalized spacial score (nSPS) is 8.89. The van der Waals surface area contributed by atoms with Gasteiger partial charge in [-0.05, 0) is 0 Å². The van der Waals surface area contributed by atoms with Crippen molar-refractivity contribution in [1.82, 2.24) is 9.44 Å². The quantitative estimate of drug-likeness (QED) is 0.331. The summed E-state index contributed by atoms with van der Waals surface area (Å²) in [6.07, 6.45) is 3.62. The molecular weight excluding hydrogens is 132 g/mol. The lowest BCUT2D eigenvalue weighted by atomic mass is 10.7. The Bertz CT molecular complexity index is 73.1. The lowest BCUT2D eigenvalue weighted by Crippen LogP contribution is -2.13. The third-order valence-electron chi connectivity index (χ3n) is 0.600. The summed E-state index contributed by atoms with van der Waals surface area (Å²) in [5, 5.41) is 0. The largest absolute Gasteiger partial charge is 0.247 e. The monoisotopic (exact) mass is 144 g/mol. The lowest BCUT2D eigenvalue weighted by molar-refractivity contribution is 1.06. The molecule has 0 aliphatic rings. The Kier molecular flexibility index (Phi) is 7.53. The van der Waals surface area contributed by atoms with E-state index in [1.165, 1.54) is 12.1 Å². The lowest BCUT2D eigenvalue weighted by Gasteiger charge is -1.98. The molecule has 0 fully saturated rings. The third kappa shape index (κ3) is 7.75. The predicted molar refractivity (Wildman–Crippen MR) is 44.0 cm³/mol. The molecule has 0 aromatic heterocycles. The fourth-order valence-corrected chi connectivity index (χ4v) is 0.757. The second-order valence-electron chi connectivity index (χ2n) is 1.38. The molecule has 3 heteroatoms. The maximum Gasteiger partial charge on any atom is 0.0249 e. The zero-order valence-corrected chi connectivity index (χ0v) is 6.21. The van der Waals surface area contributed by atoms with Crippen molar-refractivity contribution in [3.63, 3.8) is 0 Å². The summed E-state index contributed by atoms with van der Waals surface area (Å²) in [4.78, 5) is 0. The minimum atomic E-state index is 0.814. The molecule has 0 unspecified atom stereocenters. The summed E-state index contributed by atoms with van der Waals surface area (Å²) >= 11 is 1.46. The highest BCUT2D eigenvalue weighted by Gasteiger charge is 1.78. The van der Waals surface area contributed by atoms with Gasteiger partial charge in [0.2, 0.25) is 0 Å². The van der Waals surface area contributed by atoms with E-state index in [0.29, 0.717) is 0 Å². The molecule has 0 heterocycles. The molecular formula is C6H12N2S. The van der Waals surface area contributed by atoms with Gasteiger partial charge in [0.15, 0.2) is 0 Å². The molecule has 0 bridgehead atoms. The SMILES string of the molecule is C=CCNSNCC=C.